The van der Waals surface area contributed by atoms with Crippen LogP contribution in [-0.4, -0.2) is 39.3 Å². The highest BCUT2D eigenvalue weighted by Crippen LogP contribution is 2.39. The van der Waals surface area contributed by atoms with Crippen molar-refractivity contribution >= 4 is 24.8 Å². The van der Waals surface area contributed by atoms with Gasteiger partial charge in [-0.2, -0.15) is 0 Å². The molecule has 7 heteroatoms. The Kier molecular flexibility index (Phi) is 5.84. The molecule has 1 unspecified atom stereocenters. The van der Waals surface area contributed by atoms with Gasteiger partial charge in [-0.3, -0.25) is 4.90 Å². The largest absolute Gasteiger partial charge is 0.330 e. The number of nitrogens with two attached hydrogens (primary N) is 1. The Morgan fingerprint density at radius 2 is 2.00 bits per heavy atom. The standard InChI is InChI=1S/C13H23N5.2ClH/c1-13(8-14)5-6-18(9-13)7-11-15-16-12(17(11)2)10-3-4-10;;/h10H,3-9,14H2,1-2H3;2*1H. The molecule has 1 aliphatic carbocycles. The van der Waals surface area contributed by atoms with Gasteiger partial charge in [-0.15, -0.1) is 35.0 Å². The van der Waals surface area contributed by atoms with Crippen LogP contribution in [0.3, 0.4) is 0 Å². The summed E-state index contributed by atoms with van der Waals surface area (Å²) in [6.45, 7) is 6.16. The van der Waals surface area contributed by atoms with Crippen LogP contribution in [0.15, 0.2) is 0 Å². The number of nitrogens with zero attached hydrogens (tertiary/aromatic N) is 4. The topological polar surface area (TPSA) is 60.0 Å². The zero-order valence-electron chi connectivity index (χ0n) is 12.2. The Morgan fingerprint density at radius 3 is 2.55 bits per heavy atom. The summed E-state index contributed by atoms with van der Waals surface area (Å²) in [5, 5.41) is 8.69. The number of aromatic nitrogens is 3. The van der Waals surface area contributed by atoms with Crippen molar-refractivity contribution in [3.8, 4) is 0 Å². The first-order valence-electron chi connectivity index (χ1n) is 6.92. The lowest BCUT2D eigenvalue weighted by atomic mass is 9.90. The Hall–Kier alpha value is -0.360. The number of hydrogen-bond acceptors (Lipinski definition) is 4. The minimum Gasteiger partial charge on any atom is -0.330 e. The lowest BCUT2D eigenvalue weighted by Crippen LogP contribution is -2.31. The van der Waals surface area contributed by atoms with Gasteiger partial charge in [0, 0.05) is 19.5 Å². The molecule has 1 saturated carbocycles. The highest BCUT2D eigenvalue weighted by atomic mass is 35.5. The summed E-state index contributed by atoms with van der Waals surface area (Å²) in [5.74, 6) is 2.94. The van der Waals surface area contributed by atoms with Crippen molar-refractivity contribution in [2.45, 2.75) is 38.6 Å². The van der Waals surface area contributed by atoms with E-state index in [-0.39, 0.29) is 30.2 Å². The molecule has 2 heterocycles. The van der Waals surface area contributed by atoms with Crippen molar-refractivity contribution in [3.05, 3.63) is 11.6 Å². The van der Waals surface area contributed by atoms with E-state index in [9.17, 15) is 0 Å². The van der Waals surface area contributed by atoms with E-state index in [2.05, 4.69) is 33.6 Å². The van der Waals surface area contributed by atoms with Gasteiger partial charge in [-0.1, -0.05) is 6.92 Å². The molecule has 1 aromatic rings. The van der Waals surface area contributed by atoms with E-state index in [4.69, 9.17) is 5.73 Å². The number of hydrogen-bond donors (Lipinski definition) is 1. The van der Waals surface area contributed by atoms with E-state index in [1.165, 1.54) is 25.1 Å². The number of halogens is 2. The molecular weight excluding hydrogens is 297 g/mol. The van der Waals surface area contributed by atoms with Crippen molar-refractivity contribution in [2.24, 2.45) is 18.2 Å². The SMILES string of the molecule is Cl.Cl.Cn1c(CN2CCC(C)(CN)C2)nnc1C1CC1. The predicted molar refractivity (Wildman–Crippen MR) is 84.5 cm³/mol. The maximum Gasteiger partial charge on any atom is 0.146 e. The smallest absolute Gasteiger partial charge is 0.146 e. The van der Waals surface area contributed by atoms with Crippen molar-refractivity contribution in [1.82, 2.24) is 19.7 Å². The van der Waals surface area contributed by atoms with Crippen LogP contribution >= 0.6 is 24.8 Å². The molecule has 0 aromatic carbocycles. The molecule has 1 atom stereocenters. The lowest BCUT2D eigenvalue weighted by molar-refractivity contribution is 0.267. The van der Waals surface area contributed by atoms with E-state index in [0.29, 0.717) is 5.92 Å². The first kappa shape index (κ1) is 17.7. The first-order chi connectivity index (χ1) is 8.61. The van der Waals surface area contributed by atoms with Crippen molar-refractivity contribution in [3.63, 3.8) is 0 Å². The Morgan fingerprint density at radius 1 is 1.30 bits per heavy atom. The molecule has 0 bridgehead atoms. The quantitative estimate of drug-likeness (QED) is 0.917. The van der Waals surface area contributed by atoms with Crippen molar-refractivity contribution in [2.75, 3.05) is 19.6 Å². The Labute approximate surface area is 133 Å². The zero-order chi connectivity index (χ0) is 12.8. The molecule has 2 aliphatic rings. The molecule has 1 saturated heterocycles. The molecule has 3 rings (SSSR count). The monoisotopic (exact) mass is 321 g/mol. The highest BCUT2D eigenvalue weighted by Gasteiger charge is 2.34. The third-order valence-corrected chi connectivity index (χ3v) is 4.44. The molecule has 0 spiro atoms. The molecule has 1 aliphatic heterocycles. The van der Waals surface area contributed by atoms with Crippen LogP contribution in [-0.2, 0) is 13.6 Å². The van der Waals surface area contributed by atoms with E-state index < -0.39 is 0 Å². The van der Waals surface area contributed by atoms with Crippen LogP contribution in [0.4, 0.5) is 0 Å². The van der Waals surface area contributed by atoms with E-state index >= 15 is 0 Å². The highest BCUT2D eigenvalue weighted by molar-refractivity contribution is 5.85. The maximum atomic E-state index is 5.85. The molecule has 5 nitrogen and oxygen atoms in total. The van der Waals surface area contributed by atoms with Gasteiger partial charge in [0.1, 0.15) is 11.6 Å². The average molecular weight is 322 g/mol. The van der Waals surface area contributed by atoms with Gasteiger partial charge in [-0.05, 0) is 37.8 Å². The van der Waals surface area contributed by atoms with E-state index in [0.717, 1.165) is 32.0 Å². The van der Waals surface area contributed by atoms with Crippen LogP contribution in [0.25, 0.3) is 0 Å². The molecular formula is C13H25Cl2N5. The third-order valence-electron chi connectivity index (χ3n) is 4.44. The normalized spacial score (nSPS) is 26.1. The molecule has 1 aromatic heterocycles. The summed E-state index contributed by atoms with van der Waals surface area (Å²) < 4.78 is 2.19. The van der Waals surface area contributed by atoms with E-state index in [1.54, 1.807) is 0 Å². The molecule has 2 fully saturated rings. The minimum absolute atomic E-state index is 0. The summed E-state index contributed by atoms with van der Waals surface area (Å²) >= 11 is 0. The van der Waals surface area contributed by atoms with Crippen LogP contribution in [0.5, 0.6) is 0 Å². The van der Waals surface area contributed by atoms with Crippen LogP contribution in [0, 0.1) is 5.41 Å². The third kappa shape index (κ3) is 3.45. The Balaban J connectivity index is 0.000001000. The van der Waals surface area contributed by atoms with E-state index in [1.807, 2.05) is 0 Å². The van der Waals surface area contributed by atoms with Gasteiger partial charge >= 0.3 is 0 Å². The van der Waals surface area contributed by atoms with Gasteiger partial charge in [0.05, 0.1) is 6.54 Å². The first-order valence-corrected chi connectivity index (χ1v) is 6.92. The number of rotatable bonds is 4. The predicted octanol–water partition coefficient (Wildman–Crippen LogP) is 1.71. The lowest BCUT2D eigenvalue weighted by Gasteiger charge is -2.22. The summed E-state index contributed by atoms with van der Waals surface area (Å²) in [6.07, 6.45) is 3.75. The van der Waals surface area contributed by atoms with Gasteiger partial charge in [0.15, 0.2) is 0 Å². The fourth-order valence-corrected chi connectivity index (χ4v) is 2.84. The maximum absolute atomic E-state index is 5.85. The van der Waals surface area contributed by atoms with Crippen molar-refractivity contribution in [1.29, 1.82) is 0 Å². The van der Waals surface area contributed by atoms with Gasteiger partial charge in [-0.25, -0.2) is 0 Å². The van der Waals surface area contributed by atoms with Gasteiger partial charge in [0.25, 0.3) is 0 Å². The summed E-state index contributed by atoms with van der Waals surface area (Å²) in [4.78, 5) is 2.45. The molecule has 0 amide bonds. The van der Waals surface area contributed by atoms with Crippen molar-refractivity contribution < 1.29 is 0 Å². The summed E-state index contributed by atoms with van der Waals surface area (Å²) in [6, 6.07) is 0. The Bertz CT molecular complexity index is 446. The van der Waals surface area contributed by atoms with Crippen LogP contribution in [0.1, 0.15) is 43.8 Å². The van der Waals surface area contributed by atoms with Crippen LogP contribution < -0.4 is 5.73 Å². The van der Waals surface area contributed by atoms with Gasteiger partial charge < -0.3 is 10.3 Å². The second-order valence-electron chi connectivity index (χ2n) is 6.28. The fraction of sp³-hybridized carbons (Fsp3) is 0.846. The van der Waals surface area contributed by atoms with Crippen LogP contribution in [0.2, 0.25) is 0 Å². The zero-order valence-corrected chi connectivity index (χ0v) is 13.8. The summed E-state index contributed by atoms with van der Waals surface area (Å²) in [7, 11) is 2.10. The van der Waals surface area contributed by atoms with Gasteiger partial charge in [0.2, 0.25) is 0 Å². The second-order valence-corrected chi connectivity index (χ2v) is 6.28. The molecule has 116 valence electrons. The average Bonchev–Trinajstić information content (AvgIpc) is 3.04. The molecule has 2 N–H and O–H groups in total. The fourth-order valence-electron chi connectivity index (χ4n) is 2.84. The molecule has 0 radical (unpaired) electrons. The second kappa shape index (κ2) is 6.60. The molecule has 20 heavy (non-hydrogen) atoms. The number of likely N-dealkylation sites (tertiary alicyclic amines) is 1. The minimum atomic E-state index is 0. The summed E-state index contributed by atoms with van der Waals surface area (Å²) in [5.41, 5.74) is 6.14.